The second kappa shape index (κ2) is 30.7. The molecule has 0 saturated heterocycles. The third-order valence-electron chi connectivity index (χ3n) is 25.4. The summed E-state index contributed by atoms with van der Waals surface area (Å²) >= 11 is 0. The van der Waals surface area contributed by atoms with Crippen LogP contribution >= 0.6 is 0 Å². The highest BCUT2D eigenvalue weighted by Gasteiger charge is 2.28. The quantitative estimate of drug-likeness (QED) is 0.0911. The van der Waals surface area contributed by atoms with Gasteiger partial charge < -0.3 is 27.8 Å². The molecular formula is C120H78N4O2. The van der Waals surface area contributed by atoms with E-state index in [1.165, 1.54) is 38.1 Å². The van der Waals surface area contributed by atoms with E-state index in [4.69, 9.17) is 8.83 Å². The van der Waals surface area contributed by atoms with E-state index < -0.39 is 0 Å². The van der Waals surface area contributed by atoms with Gasteiger partial charge in [-0.3, -0.25) is 0 Å². The van der Waals surface area contributed by atoms with Crippen molar-refractivity contribution < 1.29 is 8.83 Å². The molecule has 24 rings (SSSR count). The molecule has 6 heteroatoms. The van der Waals surface area contributed by atoms with Crippen LogP contribution in [-0.2, 0) is 0 Å². The molecule has 0 radical (unpaired) electrons. The summed E-state index contributed by atoms with van der Waals surface area (Å²) in [6.07, 6.45) is 0. The number of nitrogens with zero attached hydrogens (tertiary/aromatic N) is 4. The first-order chi connectivity index (χ1) is 62.5. The lowest BCUT2D eigenvalue weighted by Crippen LogP contribution is -2.12. The van der Waals surface area contributed by atoms with Crippen molar-refractivity contribution in [3.63, 3.8) is 0 Å². The van der Waals surface area contributed by atoms with Crippen LogP contribution in [0.5, 0.6) is 0 Å². The van der Waals surface area contributed by atoms with E-state index in [1.54, 1.807) is 0 Å². The number of hydrogen-bond donors (Lipinski definition) is 0. The van der Waals surface area contributed by atoms with Crippen LogP contribution in [0.1, 0.15) is 0 Å². The Morgan fingerprint density at radius 1 is 0.159 bits per heavy atom. The summed E-state index contributed by atoms with van der Waals surface area (Å²) < 4.78 is 18.0. The molecule has 0 fully saturated rings. The van der Waals surface area contributed by atoms with Crippen LogP contribution in [-0.4, -0.2) is 9.13 Å². The Morgan fingerprint density at radius 3 is 0.937 bits per heavy atom. The third-order valence-corrected chi connectivity index (χ3v) is 25.4. The van der Waals surface area contributed by atoms with E-state index in [-0.39, 0.29) is 0 Å². The third kappa shape index (κ3) is 12.5. The topological polar surface area (TPSA) is 42.6 Å². The molecule has 126 heavy (non-hydrogen) atoms. The van der Waals surface area contributed by atoms with Crippen molar-refractivity contribution >= 4 is 122 Å². The molecule has 0 amide bonds. The van der Waals surface area contributed by atoms with E-state index in [9.17, 15) is 0 Å². The van der Waals surface area contributed by atoms with Gasteiger partial charge in [0.2, 0.25) is 0 Å². The summed E-state index contributed by atoms with van der Waals surface area (Å²) in [6.45, 7) is 0. The monoisotopic (exact) mass is 1610 g/mol. The van der Waals surface area contributed by atoms with Gasteiger partial charge in [-0.15, -0.1) is 0 Å². The molecule has 4 aromatic heterocycles. The van der Waals surface area contributed by atoms with Gasteiger partial charge in [0.15, 0.2) is 0 Å². The lowest BCUT2D eigenvalue weighted by molar-refractivity contribution is 0.668. The average Bonchev–Trinajstić information content (AvgIpc) is 0.965. The smallest absolute Gasteiger partial charge is 0.136 e. The standard InChI is InChI=1S/C120H78N4O2/c1-2-29-82(30-3-1)91-33-4-5-36-94(91)95-37-8-19-50-109(95)122(110-51-20-13-42-100(110)103-46-28-58-118-120(103)105-44-15-25-56-116(105)126-118)90-74-67-84(68-75-90)93-35-7-17-48-107(93)124-113-54-23-11-40-98(113)101-76-69-87(78-114(101)124)80-61-59-79(60-62-80)85-31-26-32-86(77-85)81-63-70-88(71-64-81)121(108-49-18-12-41-99(108)102-45-27-57-117-119(102)104-43-14-24-55-115(104)125-117)89-72-65-83(66-73-89)92-34-6-16-47-106(92)123-111-52-21-9-38-96(111)97-39-10-22-53-112(97)123/h1-78H. The summed E-state index contributed by atoms with van der Waals surface area (Å²) in [6, 6.07) is 172. The molecule has 0 spiro atoms. The van der Waals surface area contributed by atoms with Gasteiger partial charge in [0.05, 0.1) is 50.5 Å². The summed E-state index contributed by atoms with van der Waals surface area (Å²) in [5.74, 6) is 0. The SMILES string of the molecule is c1ccc(-c2ccccc2-c2ccccc2N(c2ccc(-c3ccccc3-n3c4ccccc4c4ccc(-c5ccc(-c6cccc(-c7ccc(N(c8ccc(-c9ccccc9-n9c%10ccccc%10c%10ccccc%109)cc8)c8ccccc8-c8cccc9oc%10ccccc%10c89)cc7)c6)cc5)cc43)cc2)c2ccccc2-c2cccc3oc4ccccc4c23)cc1. The lowest BCUT2D eigenvalue weighted by atomic mass is 9.92. The lowest BCUT2D eigenvalue weighted by Gasteiger charge is -2.30. The van der Waals surface area contributed by atoms with E-state index in [2.05, 4.69) is 480 Å². The Kier molecular flexibility index (Phi) is 17.8. The number of para-hydroxylation sites is 10. The first kappa shape index (κ1) is 73.1. The maximum absolute atomic E-state index is 6.56. The Labute approximate surface area is 729 Å². The number of rotatable bonds is 17. The molecular weight excluding hydrogens is 1530 g/mol. The van der Waals surface area contributed by atoms with Crippen molar-refractivity contribution in [2.24, 2.45) is 0 Å². The number of hydrogen-bond acceptors (Lipinski definition) is 4. The van der Waals surface area contributed by atoms with Crippen molar-refractivity contribution in [2.45, 2.75) is 0 Å². The molecule has 0 atom stereocenters. The molecule has 20 aromatic carbocycles. The highest BCUT2D eigenvalue weighted by molar-refractivity contribution is 6.17. The maximum Gasteiger partial charge on any atom is 0.136 e. The van der Waals surface area contributed by atoms with Crippen molar-refractivity contribution in [2.75, 3.05) is 9.80 Å². The number of benzene rings is 20. The van der Waals surface area contributed by atoms with Gasteiger partial charge in [-0.05, 0) is 194 Å². The average molecular weight is 1610 g/mol. The van der Waals surface area contributed by atoms with Crippen LogP contribution in [0, 0.1) is 0 Å². The van der Waals surface area contributed by atoms with Crippen LogP contribution in [0.2, 0.25) is 0 Å². The fraction of sp³-hybridized carbons (Fsp3) is 0. The van der Waals surface area contributed by atoms with E-state index in [0.717, 1.165) is 195 Å². The normalized spacial score (nSPS) is 11.7. The summed E-state index contributed by atoms with van der Waals surface area (Å²) in [5, 5.41) is 9.24. The summed E-state index contributed by atoms with van der Waals surface area (Å²) in [4.78, 5) is 4.87. The van der Waals surface area contributed by atoms with Crippen LogP contribution in [0.25, 0.3) is 199 Å². The van der Waals surface area contributed by atoms with Crippen LogP contribution in [0.3, 0.4) is 0 Å². The number of fused-ring (bicyclic) bond motifs is 12. The number of aromatic nitrogens is 2. The van der Waals surface area contributed by atoms with E-state index >= 15 is 0 Å². The minimum Gasteiger partial charge on any atom is -0.456 e. The zero-order valence-electron chi connectivity index (χ0n) is 68.6. The fourth-order valence-corrected chi connectivity index (χ4v) is 19.6. The molecule has 0 aliphatic carbocycles. The van der Waals surface area contributed by atoms with Gasteiger partial charge in [0.1, 0.15) is 22.3 Å². The van der Waals surface area contributed by atoms with Crippen LogP contribution in [0.4, 0.5) is 34.1 Å². The summed E-state index contributed by atoms with van der Waals surface area (Å²) in [5.41, 5.74) is 36.9. The second-order valence-electron chi connectivity index (χ2n) is 32.5. The molecule has 4 heterocycles. The molecule has 0 aliphatic heterocycles. The van der Waals surface area contributed by atoms with E-state index in [1.807, 2.05) is 12.1 Å². The maximum atomic E-state index is 6.56. The highest BCUT2D eigenvalue weighted by atomic mass is 16.3. The molecule has 24 aromatic rings. The largest absolute Gasteiger partial charge is 0.456 e. The first-order valence-electron chi connectivity index (χ1n) is 43.1. The molecule has 0 N–H and O–H groups in total. The Balaban J connectivity index is 0.559. The van der Waals surface area contributed by atoms with Gasteiger partial charge in [0.25, 0.3) is 0 Å². The highest BCUT2D eigenvalue weighted by Crippen LogP contribution is 2.52. The molecule has 0 saturated carbocycles. The van der Waals surface area contributed by atoms with E-state index in [0.29, 0.717) is 0 Å². The van der Waals surface area contributed by atoms with Gasteiger partial charge in [-0.1, -0.05) is 352 Å². The van der Waals surface area contributed by atoms with Crippen molar-refractivity contribution in [1.29, 1.82) is 0 Å². The van der Waals surface area contributed by atoms with Crippen molar-refractivity contribution in [3.8, 4) is 112 Å². The zero-order chi connectivity index (χ0) is 83.1. The van der Waals surface area contributed by atoms with Gasteiger partial charge in [-0.25, -0.2) is 0 Å². The molecule has 6 nitrogen and oxygen atoms in total. The van der Waals surface area contributed by atoms with Gasteiger partial charge in [-0.2, -0.15) is 0 Å². The predicted octanol–water partition coefficient (Wildman–Crippen LogP) is 33.6. The first-order valence-corrected chi connectivity index (χ1v) is 43.1. The van der Waals surface area contributed by atoms with Gasteiger partial charge >= 0.3 is 0 Å². The minimum absolute atomic E-state index is 0.856. The van der Waals surface area contributed by atoms with Crippen LogP contribution < -0.4 is 9.80 Å². The molecule has 0 aliphatic rings. The van der Waals surface area contributed by atoms with Crippen molar-refractivity contribution in [3.05, 3.63) is 473 Å². The number of furan rings is 2. The minimum atomic E-state index is 0.856. The predicted molar refractivity (Wildman–Crippen MR) is 528 cm³/mol. The Bertz CT molecular complexity index is 8280. The Hall–Kier alpha value is -16.8. The molecule has 0 unspecified atom stereocenters. The fourth-order valence-electron chi connectivity index (χ4n) is 19.6. The van der Waals surface area contributed by atoms with Crippen molar-refractivity contribution in [1.82, 2.24) is 9.13 Å². The summed E-state index contributed by atoms with van der Waals surface area (Å²) in [7, 11) is 0. The van der Waals surface area contributed by atoms with Gasteiger partial charge in [0, 0.05) is 88.0 Å². The molecule has 590 valence electrons. The zero-order valence-corrected chi connectivity index (χ0v) is 68.6. The molecule has 0 bridgehead atoms. The Morgan fingerprint density at radius 2 is 0.452 bits per heavy atom. The number of anilines is 6. The van der Waals surface area contributed by atoms with Crippen LogP contribution in [0.15, 0.2) is 482 Å². The second-order valence-corrected chi connectivity index (χ2v) is 32.5.